The second-order valence-electron chi connectivity index (χ2n) is 7.35. The van der Waals surface area contributed by atoms with E-state index < -0.39 is 0 Å². The molecule has 1 unspecified atom stereocenters. The average molecular weight is 344 g/mol. The Morgan fingerprint density at radius 2 is 1.84 bits per heavy atom. The topological polar surface area (TPSA) is 58.6 Å². The zero-order chi connectivity index (χ0) is 18.0. The van der Waals surface area contributed by atoms with E-state index in [4.69, 9.17) is 4.74 Å². The van der Waals surface area contributed by atoms with Gasteiger partial charge in [-0.1, -0.05) is 17.7 Å². The van der Waals surface area contributed by atoms with E-state index in [1.54, 1.807) is 7.11 Å². The third kappa shape index (κ3) is 4.14. The van der Waals surface area contributed by atoms with Crippen molar-refractivity contribution in [1.82, 2.24) is 10.2 Å². The molecule has 0 aromatic heterocycles. The molecule has 3 rings (SSSR count). The predicted molar refractivity (Wildman–Crippen MR) is 96.3 cm³/mol. The minimum Gasteiger partial charge on any atom is -0.496 e. The summed E-state index contributed by atoms with van der Waals surface area (Å²) in [4.78, 5) is 26.7. The van der Waals surface area contributed by atoms with Gasteiger partial charge in [-0.15, -0.1) is 0 Å². The van der Waals surface area contributed by atoms with Crippen molar-refractivity contribution in [2.75, 3.05) is 20.2 Å². The highest BCUT2D eigenvalue weighted by Gasteiger charge is 2.36. The average Bonchev–Trinajstić information content (AvgIpc) is 3.46. The molecule has 0 spiro atoms. The van der Waals surface area contributed by atoms with Crippen molar-refractivity contribution in [3.05, 3.63) is 29.3 Å². The smallest absolute Gasteiger partial charge is 0.225 e. The third-order valence-corrected chi connectivity index (χ3v) is 5.31. The summed E-state index contributed by atoms with van der Waals surface area (Å²) in [5, 5.41) is 3.12. The van der Waals surface area contributed by atoms with Crippen LogP contribution in [0, 0.1) is 18.8 Å². The maximum absolute atomic E-state index is 12.6. The Kier molecular flexibility index (Phi) is 5.30. The molecule has 0 bridgehead atoms. The normalized spacial score (nSPS) is 19.4. The molecule has 2 aliphatic rings. The van der Waals surface area contributed by atoms with Gasteiger partial charge in [-0.05, 0) is 45.6 Å². The highest BCUT2D eigenvalue weighted by atomic mass is 16.5. The number of nitrogens with zero attached hydrogens (tertiary/aromatic N) is 1. The fraction of sp³-hybridized carbons (Fsp3) is 0.600. The molecular formula is C20H28N2O3. The molecule has 1 aromatic rings. The number of nitrogens with one attached hydrogen (secondary N) is 1. The van der Waals surface area contributed by atoms with Gasteiger partial charge in [0, 0.05) is 30.5 Å². The van der Waals surface area contributed by atoms with Crippen molar-refractivity contribution in [1.29, 1.82) is 0 Å². The first-order valence-electron chi connectivity index (χ1n) is 9.23. The fourth-order valence-electron chi connectivity index (χ4n) is 3.55. The van der Waals surface area contributed by atoms with Crippen LogP contribution in [0.4, 0.5) is 0 Å². The molecule has 5 nitrogen and oxygen atoms in total. The van der Waals surface area contributed by atoms with Crippen LogP contribution in [-0.4, -0.2) is 36.9 Å². The lowest BCUT2D eigenvalue weighted by molar-refractivity contribution is -0.136. The standard InChI is InChI=1S/C20H28N2O3/c1-13-4-7-18(25-3)17(12-13)14(2)21-19(23)15-8-10-22(11-9-15)20(24)16-5-6-16/h4,7,12,14-16H,5-6,8-11H2,1-3H3,(H,21,23). The lowest BCUT2D eigenvalue weighted by Gasteiger charge is -2.32. The van der Waals surface area contributed by atoms with Crippen LogP contribution in [0.15, 0.2) is 18.2 Å². The molecular weight excluding hydrogens is 316 g/mol. The molecule has 2 amide bonds. The van der Waals surface area contributed by atoms with Gasteiger partial charge in [0.2, 0.25) is 11.8 Å². The number of benzene rings is 1. The molecule has 1 heterocycles. The maximum atomic E-state index is 12.6. The SMILES string of the molecule is COc1ccc(C)cc1C(C)NC(=O)C1CCN(C(=O)C2CC2)CC1. The largest absolute Gasteiger partial charge is 0.496 e. The van der Waals surface area contributed by atoms with Crippen molar-refractivity contribution < 1.29 is 14.3 Å². The van der Waals surface area contributed by atoms with Crippen LogP contribution in [0.5, 0.6) is 5.75 Å². The number of ether oxygens (including phenoxy) is 1. The minimum absolute atomic E-state index is 0.0125. The maximum Gasteiger partial charge on any atom is 0.225 e. The molecule has 1 aliphatic carbocycles. The molecule has 5 heteroatoms. The minimum atomic E-state index is -0.103. The van der Waals surface area contributed by atoms with Gasteiger partial charge in [-0.3, -0.25) is 9.59 Å². The van der Waals surface area contributed by atoms with E-state index in [0.717, 1.165) is 42.6 Å². The van der Waals surface area contributed by atoms with Crippen LogP contribution in [0.2, 0.25) is 0 Å². The summed E-state index contributed by atoms with van der Waals surface area (Å²) < 4.78 is 5.42. The van der Waals surface area contributed by atoms with Crippen LogP contribution < -0.4 is 10.1 Å². The number of amides is 2. The van der Waals surface area contributed by atoms with Gasteiger partial charge in [-0.2, -0.15) is 0 Å². The van der Waals surface area contributed by atoms with Gasteiger partial charge in [0.15, 0.2) is 0 Å². The van der Waals surface area contributed by atoms with Gasteiger partial charge >= 0.3 is 0 Å². The first kappa shape index (κ1) is 17.8. The number of carbonyl (C=O) groups is 2. The number of hydrogen-bond acceptors (Lipinski definition) is 3. The van der Waals surface area contributed by atoms with Crippen molar-refractivity contribution >= 4 is 11.8 Å². The van der Waals surface area contributed by atoms with Gasteiger partial charge in [-0.25, -0.2) is 0 Å². The lowest BCUT2D eigenvalue weighted by Crippen LogP contribution is -2.44. The Bertz CT molecular complexity index is 646. The Labute approximate surface area is 149 Å². The van der Waals surface area contributed by atoms with E-state index in [0.29, 0.717) is 13.1 Å². The second-order valence-corrected chi connectivity index (χ2v) is 7.35. The van der Waals surface area contributed by atoms with Crippen LogP contribution >= 0.6 is 0 Å². The summed E-state index contributed by atoms with van der Waals surface area (Å²) in [5.74, 6) is 1.41. The molecule has 0 radical (unpaired) electrons. The Morgan fingerprint density at radius 1 is 1.16 bits per heavy atom. The van der Waals surface area contributed by atoms with Crippen LogP contribution in [0.25, 0.3) is 0 Å². The first-order chi connectivity index (χ1) is 12.0. The zero-order valence-corrected chi connectivity index (χ0v) is 15.4. The molecule has 1 N–H and O–H groups in total. The van der Waals surface area contributed by atoms with Crippen LogP contribution in [0.1, 0.15) is 49.8 Å². The van der Waals surface area contributed by atoms with Gasteiger partial charge in [0.05, 0.1) is 13.2 Å². The molecule has 25 heavy (non-hydrogen) atoms. The summed E-state index contributed by atoms with van der Waals surface area (Å²) in [6.07, 6.45) is 3.58. The van der Waals surface area contributed by atoms with Crippen molar-refractivity contribution in [3.8, 4) is 5.75 Å². The third-order valence-electron chi connectivity index (χ3n) is 5.31. The van der Waals surface area contributed by atoms with Gasteiger partial charge in [0.1, 0.15) is 5.75 Å². The van der Waals surface area contributed by atoms with E-state index in [1.807, 2.05) is 30.9 Å². The zero-order valence-electron chi connectivity index (χ0n) is 15.4. The number of hydrogen-bond donors (Lipinski definition) is 1. The summed E-state index contributed by atoms with van der Waals surface area (Å²) in [6, 6.07) is 5.90. The molecule has 1 aromatic carbocycles. The number of rotatable bonds is 5. The molecule has 1 aliphatic heterocycles. The van der Waals surface area contributed by atoms with Gasteiger partial charge < -0.3 is 15.0 Å². The Balaban J connectivity index is 1.55. The van der Waals surface area contributed by atoms with Crippen molar-refractivity contribution in [2.45, 2.75) is 45.6 Å². The molecule has 1 saturated heterocycles. The van der Waals surface area contributed by atoms with E-state index >= 15 is 0 Å². The van der Waals surface area contributed by atoms with E-state index in [9.17, 15) is 9.59 Å². The molecule has 1 atom stereocenters. The highest BCUT2D eigenvalue weighted by Crippen LogP contribution is 2.33. The van der Waals surface area contributed by atoms with E-state index in [-0.39, 0.29) is 29.7 Å². The first-order valence-corrected chi connectivity index (χ1v) is 9.23. The number of piperidine rings is 1. The lowest BCUT2D eigenvalue weighted by atomic mass is 9.94. The van der Waals surface area contributed by atoms with Crippen molar-refractivity contribution in [3.63, 3.8) is 0 Å². The van der Waals surface area contributed by atoms with Crippen molar-refractivity contribution in [2.24, 2.45) is 11.8 Å². The monoisotopic (exact) mass is 344 g/mol. The number of likely N-dealkylation sites (tertiary alicyclic amines) is 1. The van der Waals surface area contributed by atoms with E-state index in [1.165, 1.54) is 0 Å². The predicted octanol–water partition coefficient (Wildman–Crippen LogP) is 2.83. The molecule has 136 valence electrons. The van der Waals surface area contributed by atoms with E-state index in [2.05, 4.69) is 11.4 Å². The fourth-order valence-corrected chi connectivity index (χ4v) is 3.55. The molecule has 1 saturated carbocycles. The Morgan fingerprint density at radius 3 is 2.44 bits per heavy atom. The van der Waals surface area contributed by atoms with Crippen LogP contribution in [0.3, 0.4) is 0 Å². The quantitative estimate of drug-likeness (QED) is 0.893. The van der Waals surface area contributed by atoms with Gasteiger partial charge in [0.25, 0.3) is 0 Å². The second kappa shape index (κ2) is 7.46. The molecule has 2 fully saturated rings. The van der Waals surface area contributed by atoms with Crippen LogP contribution in [-0.2, 0) is 9.59 Å². The highest BCUT2D eigenvalue weighted by molar-refractivity contribution is 5.82. The summed E-state index contributed by atoms with van der Waals surface area (Å²) >= 11 is 0. The number of carbonyl (C=O) groups excluding carboxylic acids is 2. The number of aryl methyl sites for hydroxylation is 1. The summed E-state index contributed by atoms with van der Waals surface area (Å²) in [6.45, 7) is 5.43. The summed E-state index contributed by atoms with van der Waals surface area (Å²) in [7, 11) is 1.65. The number of methoxy groups -OCH3 is 1. The Hall–Kier alpha value is -2.04. The summed E-state index contributed by atoms with van der Waals surface area (Å²) in [5.41, 5.74) is 2.14.